The molecule has 32 heavy (non-hydrogen) atoms. The van der Waals surface area contributed by atoms with Crippen molar-refractivity contribution in [2.45, 2.75) is 46.1 Å². The number of aliphatic hydroxyl groups excluding tert-OH is 5. The largest absolute Gasteiger partial charge is 0.500 e. The molecule has 1 unspecified atom stereocenters. The summed E-state index contributed by atoms with van der Waals surface area (Å²) < 4.78 is 21.8. The van der Waals surface area contributed by atoms with Gasteiger partial charge in [-0.05, 0) is 33.6 Å². The van der Waals surface area contributed by atoms with Crippen LogP contribution in [0.4, 0.5) is 0 Å². The fourth-order valence-corrected chi connectivity index (χ4v) is 4.89. The molecule has 0 fully saturated rings. The first-order valence-electron chi connectivity index (χ1n) is 9.89. The Hall–Kier alpha value is -1.16. The molecular formula is C19H48O12Si. The molecule has 0 rings (SSSR count). The fourth-order valence-electron chi connectivity index (χ4n) is 2.25. The van der Waals surface area contributed by atoms with Crippen LogP contribution in [-0.4, -0.2) is 114 Å². The van der Waals surface area contributed by atoms with E-state index in [0.717, 1.165) is 35.5 Å². The molecule has 0 bridgehead atoms. The second kappa shape index (κ2) is 40.2. The monoisotopic (exact) mass is 496 g/mol. The Morgan fingerprint density at radius 3 is 1.34 bits per heavy atom. The third-order valence-electron chi connectivity index (χ3n) is 3.08. The Labute approximate surface area is 194 Å². The van der Waals surface area contributed by atoms with E-state index in [0.29, 0.717) is 38.7 Å². The van der Waals surface area contributed by atoms with E-state index in [2.05, 4.69) is 4.74 Å². The molecule has 6 N–H and O–H groups in total. The second-order valence-corrected chi connectivity index (χ2v) is 7.42. The molecule has 200 valence electrons. The number of methoxy groups -OCH3 is 1. The first kappa shape index (κ1) is 44.5. The molecule has 0 heterocycles. The van der Waals surface area contributed by atoms with E-state index in [9.17, 15) is 9.59 Å². The van der Waals surface area contributed by atoms with E-state index in [1.54, 1.807) is 0 Å². The molecule has 0 aromatic carbocycles. The summed E-state index contributed by atoms with van der Waals surface area (Å²) in [5, 5.41) is 43.9. The topological polar surface area (TPSA) is 192 Å². The molecule has 0 spiro atoms. The molecule has 0 saturated carbocycles. The van der Waals surface area contributed by atoms with Crippen LogP contribution in [0.5, 0.6) is 0 Å². The van der Waals surface area contributed by atoms with E-state index in [4.69, 9.17) is 43.9 Å². The maximum absolute atomic E-state index is 11.6. The van der Waals surface area contributed by atoms with Crippen LogP contribution in [0.2, 0.25) is 6.04 Å². The van der Waals surface area contributed by atoms with Gasteiger partial charge in [0.1, 0.15) is 0 Å². The van der Waals surface area contributed by atoms with Gasteiger partial charge in [0, 0.05) is 61.4 Å². The fraction of sp³-hybridized carbons (Fsp3) is 0.895. The number of ether oxygens (including phenoxy) is 1. The zero-order valence-electron chi connectivity index (χ0n) is 21.2. The lowest BCUT2D eigenvalue weighted by Crippen LogP contribution is -2.46. The lowest BCUT2D eigenvalue weighted by molar-refractivity contribution is -0.151. The minimum absolute atomic E-state index is 0.237. The Balaban J connectivity index is -0.000000147. The van der Waals surface area contributed by atoms with E-state index >= 15 is 0 Å². The van der Waals surface area contributed by atoms with Gasteiger partial charge >= 0.3 is 20.7 Å². The number of carboxylic acids is 1. The highest BCUT2D eigenvalue weighted by atomic mass is 28.4. The molecular weight excluding hydrogens is 448 g/mol. The molecule has 0 aromatic heterocycles. The van der Waals surface area contributed by atoms with Crippen LogP contribution in [0.15, 0.2) is 0 Å². The van der Waals surface area contributed by atoms with E-state index in [-0.39, 0.29) is 6.42 Å². The predicted molar refractivity (Wildman–Crippen MR) is 123 cm³/mol. The SMILES string of the molecule is CCO[Si](CCCC(CC(=O)O)C(=O)OC)(OCC)OCC.CO.CO.CO.CO.CO. The first-order valence-corrected chi connectivity index (χ1v) is 11.8. The van der Waals surface area contributed by atoms with Crippen molar-refractivity contribution in [3.63, 3.8) is 0 Å². The Morgan fingerprint density at radius 2 is 1.09 bits per heavy atom. The van der Waals surface area contributed by atoms with Crippen molar-refractivity contribution >= 4 is 20.7 Å². The molecule has 12 nitrogen and oxygen atoms in total. The summed E-state index contributed by atoms with van der Waals surface area (Å²) in [6.07, 6.45) is 0.749. The molecule has 0 aliphatic heterocycles. The maximum Gasteiger partial charge on any atom is 0.500 e. The Morgan fingerprint density at radius 1 is 0.750 bits per heavy atom. The minimum Gasteiger partial charge on any atom is -0.481 e. The number of aliphatic carboxylic acids is 1. The summed E-state index contributed by atoms with van der Waals surface area (Å²) in [6.45, 7) is 7.09. The average Bonchev–Trinajstić information content (AvgIpc) is 2.84. The van der Waals surface area contributed by atoms with Crippen molar-refractivity contribution in [3.8, 4) is 0 Å². The van der Waals surface area contributed by atoms with E-state index in [1.807, 2.05) is 20.8 Å². The smallest absolute Gasteiger partial charge is 0.481 e. The van der Waals surface area contributed by atoms with Gasteiger partial charge < -0.3 is 48.7 Å². The number of carboxylic acid groups (broad SMARTS) is 1. The molecule has 13 heteroatoms. The summed E-state index contributed by atoms with van der Waals surface area (Å²) in [5.74, 6) is -2.17. The lowest BCUT2D eigenvalue weighted by atomic mass is 10.0. The second-order valence-electron chi connectivity index (χ2n) is 4.69. The van der Waals surface area contributed by atoms with Gasteiger partial charge in [-0.25, -0.2) is 0 Å². The van der Waals surface area contributed by atoms with Crippen molar-refractivity contribution in [2.24, 2.45) is 5.92 Å². The highest BCUT2D eigenvalue weighted by Crippen LogP contribution is 2.23. The van der Waals surface area contributed by atoms with Crippen LogP contribution < -0.4 is 0 Å². The van der Waals surface area contributed by atoms with Gasteiger partial charge in [-0.1, -0.05) is 0 Å². The highest BCUT2D eigenvalue weighted by molar-refractivity contribution is 6.60. The standard InChI is InChI=1S/C14H28O7Si.5CH4O/c1-5-19-22(20-6-2,21-7-3)10-8-9-12(11-13(15)16)14(17)18-4;5*1-2/h12H,5-11H2,1-4H3,(H,15,16);5*2H,1H3. The molecule has 0 saturated heterocycles. The molecule has 0 radical (unpaired) electrons. The number of esters is 1. The van der Waals surface area contributed by atoms with Crippen LogP contribution in [0, 0.1) is 5.92 Å². The zero-order chi connectivity index (χ0) is 27.0. The number of aliphatic hydroxyl groups is 5. The Kier molecular flexibility index (Phi) is 55.9. The summed E-state index contributed by atoms with van der Waals surface area (Å²) in [5.41, 5.74) is 0. The average molecular weight is 497 g/mol. The number of carbonyl (C=O) groups excluding carboxylic acids is 1. The predicted octanol–water partition coefficient (Wildman–Crippen LogP) is 0.121. The number of carbonyl (C=O) groups is 2. The molecule has 0 aromatic rings. The van der Waals surface area contributed by atoms with Crippen LogP contribution >= 0.6 is 0 Å². The lowest BCUT2D eigenvalue weighted by Gasteiger charge is -2.28. The normalized spacial score (nSPS) is 9.81. The van der Waals surface area contributed by atoms with Gasteiger partial charge in [0.05, 0.1) is 19.4 Å². The van der Waals surface area contributed by atoms with Gasteiger partial charge in [-0.15, -0.1) is 0 Å². The summed E-state index contributed by atoms with van der Waals surface area (Å²) >= 11 is 0. The van der Waals surface area contributed by atoms with Crippen molar-refractivity contribution in [3.05, 3.63) is 0 Å². The molecule has 0 aliphatic carbocycles. The van der Waals surface area contributed by atoms with Crippen LogP contribution in [0.1, 0.15) is 40.0 Å². The third kappa shape index (κ3) is 28.8. The van der Waals surface area contributed by atoms with Gasteiger partial charge in [0.15, 0.2) is 0 Å². The summed E-state index contributed by atoms with van der Waals surface area (Å²) in [6, 6.07) is 0.551. The van der Waals surface area contributed by atoms with E-state index in [1.165, 1.54) is 7.11 Å². The van der Waals surface area contributed by atoms with Crippen molar-refractivity contribution < 1.29 is 58.2 Å². The maximum atomic E-state index is 11.6. The molecule has 0 amide bonds. The van der Waals surface area contributed by atoms with Gasteiger partial charge in [-0.2, -0.15) is 0 Å². The highest BCUT2D eigenvalue weighted by Gasteiger charge is 2.40. The summed E-state index contributed by atoms with van der Waals surface area (Å²) in [4.78, 5) is 22.4. The van der Waals surface area contributed by atoms with Gasteiger partial charge in [0.25, 0.3) is 0 Å². The molecule has 1 atom stereocenters. The minimum atomic E-state index is -2.75. The quantitative estimate of drug-likeness (QED) is 0.149. The van der Waals surface area contributed by atoms with Gasteiger partial charge in [-0.3, -0.25) is 9.59 Å². The number of hydrogen-bond acceptors (Lipinski definition) is 11. The van der Waals surface area contributed by atoms with Crippen molar-refractivity contribution in [1.29, 1.82) is 0 Å². The van der Waals surface area contributed by atoms with Crippen LogP contribution in [0.3, 0.4) is 0 Å². The number of rotatable bonds is 13. The van der Waals surface area contributed by atoms with Crippen molar-refractivity contribution in [2.75, 3.05) is 62.5 Å². The summed E-state index contributed by atoms with van der Waals surface area (Å²) in [7, 11) is 3.51. The molecule has 0 aliphatic rings. The first-order chi connectivity index (χ1) is 15.4. The van der Waals surface area contributed by atoms with Crippen molar-refractivity contribution in [1.82, 2.24) is 0 Å². The van der Waals surface area contributed by atoms with Crippen LogP contribution in [0.25, 0.3) is 0 Å². The van der Waals surface area contributed by atoms with E-state index < -0.39 is 26.7 Å². The Bertz CT molecular complexity index is 329. The van der Waals surface area contributed by atoms with Crippen LogP contribution in [-0.2, 0) is 27.6 Å². The number of hydrogen-bond donors (Lipinski definition) is 6. The van der Waals surface area contributed by atoms with Gasteiger partial charge in [0.2, 0.25) is 0 Å². The zero-order valence-corrected chi connectivity index (χ0v) is 22.2. The third-order valence-corrected chi connectivity index (χ3v) is 6.24.